The number of likely N-dealkylation sites (N-methyl/N-ethyl adjacent to an activating group) is 1. The van der Waals surface area contributed by atoms with E-state index in [-0.39, 0.29) is 5.91 Å². The molecular weight excluding hydrogens is 286 g/mol. The lowest BCUT2D eigenvalue weighted by molar-refractivity contribution is -0.129. The fourth-order valence-corrected chi connectivity index (χ4v) is 2.30. The Hall–Kier alpha value is -2.00. The van der Waals surface area contributed by atoms with Crippen LogP contribution in [0, 0.1) is 0 Å². The molecule has 21 heavy (non-hydrogen) atoms. The van der Waals surface area contributed by atoms with Gasteiger partial charge in [-0.2, -0.15) is 0 Å². The average molecular weight is 304 g/mol. The molecule has 0 aliphatic rings. The van der Waals surface area contributed by atoms with Gasteiger partial charge in [0.15, 0.2) is 0 Å². The third-order valence-corrected chi connectivity index (χ3v) is 3.46. The van der Waals surface area contributed by atoms with Crippen molar-refractivity contribution in [3.05, 3.63) is 64.7 Å². The molecule has 3 nitrogen and oxygen atoms in total. The topological polar surface area (TPSA) is 29.5 Å². The van der Waals surface area contributed by atoms with Gasteiger partial charge in [0.1, 0.15) is 5.75 Å². The predicted molar refractivity (Wildman–Crippen MR) is 84.6 cm³/mol. The maximum absolute atomic E-state index is 12.3. The highest BCUT2D eigenvalue weighted by Gasteiger charge is 2.11. The second kappa shape index (κ2) is 7.14. The van der Waals surface area contributed by atoms with Gasteiger partial charge in [0.25, 0.3) is 0 Å². The van der Waals surface area contributed by atoms with Crippen LogP contribution in [0.15, 0.2) is 48.5 Å². The molecule has 0 heterocycles. The molecule has 0 radical (unpaired) electrons. The molecule has 1 amide bonds. The van der Waals surface area contributed by atoms with E-state index in [0.29, 0.717) is 18.0 Å². The van der Waals surface area contributed by atoms with Crippen LogP contribution in [-0.2, 0) is 17.8 Å². The average Bonchev–Trinajstić information content (AvgIpc) is 2.47. The zero-order valence-corrected chi connectivity index (χ0v) is 12.9. The van der Waals surface area contributed by atoms with Gasteiger partial charge in [-0.1, -0.05) is 35.9 Å². The smallest absolute Gasteiger partial charge is 0.227 e. The standard InChI is InChI=1S/C17H18ClNO2/c1-19(12-14-6-3-7-15(18)9-14)17(20)11-13-5-4-8-16(10-13)21-2/h3-10H,11-12H2,1-2H3. The lowest BCUT2D eigenvalue weighted by Gasteiger charge is -2.17. The van der Waals surface area contributed by atoms with Crippen LogP contribution >= 0.6 is 11.6 Å². The monoisotopic (exact) mass is 303 g/mol. The van der Waals surface area contributed by atoms with E-state index in [1.807, 2.05) is 48.5 Å². The zero-order chi connectivity index (χ0) is 15.2. The molecule has 0 saturated carbocycles. The molecule has 0 aliphatic heterocycles. The Balaban J connectivity index is 1.99. The molecule has 0 fully saturated rings. The Kier molecular flexibility index (Phi) is 5.23. The Labute approximate surface area is 130 Å². The lowest BCUT2D eigenvalue weighted by Crippen LogP contribution is -2.27. The molecule has 110 valence electrons. The number of hydrogen-bond acceptors (Lipinski definition) is 2. The summed E-state index contributed by atoms with van der Waals surface area (Å²) in [5.41, 5.74) is 1.96. The van der Waals surface area contributed by atoms with Gasteiger partial charge in [0.2, 0.25) is 5.91 Å². The SMILES string of the molecule is COc1cccc(CC(=O)N(C)Cc2cccc(Cl)c2)c1. The van der Waals surface area contributed by atoms with Crippen LogP contribution in [0.4, 0.5) is 0 Å². The number of hydrogen-bond donors (Lipinski definition) is 0. The summed E-state index contributed by atoms with van der Waals surface area (Å²) in [5, 5.41) is 0.682. The van der Waals surface area contributed by atoms with E-state index < -0.39 is 0 Å². The highest BCUT2D eigenvalue weighted by molar-refractivity contribution is 6.30. The quantitative estimate of drug-likeness (QED) is 0.845. The third kappa shape index (κ3) is 4.50. The summed E-state index contributed by atoms with van der Waals surface area (Å²) in [5.74, 6) is 0.820. The minimum absolute atomic E-state index is 0.0585. The predicted octanol–water partition coefficient (Wildman–Crippen LogP) is 3.55. The van der Waals surface area contributed by atoms with E-state index in [1.165, 1.54) is 0 Å². The molecule has 0 saturated heterocycles. The van der Waals surface area contributed by atoms with Gasteiger partial charge in [-0.05, 0) is 35.4 Å². The number of benzene rings is 2. The van der Waals surface area contributed by atoms with E-state index in [2.05, 4.69) is 0 Å². The zero-order valence-electron chi connectivity index (χ0n) is 12.2. The highest BCUT2D eigenvalue weighted by atomic mass is 35.5. The summed E-state index contributed by atoms with van der Waals surface area (Å²) >= 11 is 5.95. The van der Waals surface area contributed by atoms with Gasteiger partial charge in [0, 0.05) is 18.6 Å². The summed E-state index contributed by atoms with van der Waals surface area (Å²) < 4.78 is 5.17. The minimum Gasteiger partial charge on any atom is -0.497 e. The number of methoxy groups -OCH3 is 1. The number of nitrogens with zero attached hydrogens (tertiary/aromatic N) is 1. The van der Waals surface area contributed by atoms with Crippen molar-refractivity contribution in [2.75, 3.05) is 14.2 Å². The molecule has 0 unspecified atom stereocenters. The first-order chi connectivity index (χ1) is 10.1. The molecule has 2 rings (SSSR count). The molecule has 0 atom stereocenters. The Bertz CT molecular complexity index is 628. The molecule has 0 spiro atoms. The lowest BCUT2D eigenvalue weighted by atomic mass is 10.1. The number of carbonyl (C=O) groups excluding carboxylic acids is 1. The molecule has 4 heteroatoms. The molecule has 0 aliphatic carbocycles. The largest absolute Gasteiger partial charge is 0.497 e. The molecular formula is C17H18ClNO2. The van der Waals surface area contributed by atoms with Gasteiger partial charge in [-0.25, -0.2) is 0 Å². The van der Waals surface area contributed by atoms with Gasteiger partial charge < -0.3 is 9.64 Å². The molecule has 2 aromatic rings. The van der Waals surface area contributed by atoms with Crippen LogP contribution < -0.4 is 4.74 Å². The summed E-state index contributed by atoms with van der Waals surface area (Å²) in [4.78, 5) is 14.0. The van der Waals surface area contributed by atoms with Gasteiger partial charge in [-0.3, -0.25) is 4.79 Å². The van der Waals surface area contributed by atoms with Crippen LogP contribution in [0.1, 0.15) is 11.1 Å². The van der Waals surface area contributed by atoms with Crippen LogP contribution in [0.2, 0.25) is 5.02 Å². The van der Waals surface area contributed by atoms with Crippen LogP contribution in [0.5, 0.6) is 5.75 Å². The van der Waals surface area contributed by atoms with Crippen molar-refractivity contribution in [1.82, 2.24) is 4.90 Å². The second-order valence-corrected chi connectivity index (χ2v) is 5.34. The van der Waals surface area contributed by atoms with E-state index in [0.717, 1.165) is 16.9 Å². The summed E-state index contributed by atoms with van der Waals surface area (Å²) in [6, 6.07) is 15.1. The van der Waals surface area contributed by atoms with Crippen LogP contribution in [-0.4, -0.2) is 25.0 Å². The molecule has 0 aromatic heterocycles. The number of ether oxygens (including phenoxy) is 1. The summed E-state index contributed by atoms with van der Waals surface area (Å²) in [6.07, 6.45) is 0.355. The maximum atomic E-state index is 12.3. The number of rotatable bonds is 5. The van der Waals surface area contributed by atoms with Gasteiger partial charge in [-0.15, -0.1) is 0 Å². The number of carbonyl (C=O) groups is 1. The van der Waals surface area contributed by atoms with Gasteiger partial charge >= 0.3 is 0 Å². The first-order valence-electron chi connectivity index (χ1n) is 6.70. The van der Waals surface area contributed by atoms with E-state index in [9.17, 15) is 4.79 Å². The van der Waals surface area contributed by atoms with Crippen LogP contribution in [0.25, 0.3) is 0 Å². The minimum atomic E-state index is 0.0585. The number of amides is 1. The fraction of sp³-hybridized carbons (Fsp3) is 0.235. The van der Waals surface area contributed by atoms with Crippen molar-refractivity contribution in [3.63, 3.8) is 0 Å². The summed E-state index contributed by atoms with van der Waals surface area (Å²) in [7, 11) is 3.41. The van der Waals surface area contributed by atoms with Gasteiger partial charge in [0.05, 0.1) is 13.5 Å². The normalized spacial score (nSPS) is 10.2. The van der Waals surface area contributed by atoms with Crippen molar-refractivity contribution in [1.29, 1.82) is 0 Å². The Morgan fingerprint density at radius 3 is 2.57 bits per heavy atom. The first kappa shape index (κ1) is 15.4. The Morgan fingerprint density at radius 2 is 1.86 bits per heavy atom. The maximum Gasteiger partial charge on any atom is 0.227 e. The summed E-state index contributed by atoms with van der Waals surface area (Å²) in [6.45, 7) is 0.545. The van der Waals surface area contributed by atoms with Crippen molar-refractivity contribution in [3.8, 4) is 5.75 Å². The third-order valence-electron chi connectivity index (χ3n) is 3.22. The van der Waals surface area contributed by atoms with E-state index in [1.54, 1.807) is 19.1 Å². The first-order valence-corrected chi connectivity index (χ1v) is 7.07. The molecule has 0 bridgehead atoms. The van der Waals surface area contributed by atoms with Crippen molar-refractivity contribution < 1.29 is 9.53 Å². The van der Waals surface area contributed by atoms with Crippen molar-refractivity contribution in [2.45, 2.75) is 13.0 Å². The highest BCUT2D eigenvalue weighted by Crippen LogP contribution is 2.15. The fourth-order valence-electron chi connectivity index (χ4n) is 2.09. The number of halogens is 1. The van der Waals surface area contributed by atoms with Crippen molar-refractivity contribution >= 4 is 17.5 Å². The van der Waals surface area contributed by atoms with E-state index >= 15 is 0 Å². The van der Waals surface area contributed by atoms with E-state index in [4.69, 9.17) is 16.3 Å². The second-order valence-electron chi connectivity index (χ2n) is 4.91. The molecule has 0 N–H and O–H groups in total. The Morgan fingerprint density at radius 1 is 1.14 bits per heavy atom. The van der Waals surface area contributed by atoms with Crippen LogP contribution in [0.3, 0.4) is 0 Å². The van der Waals surface area contributed by atoms with Crippen molar-refractivity contribution in [2.24, 2.45) is 0 Å². The molecule has 2 aromatic carbocycles.